The average Bonchev–Trinajstić information content (AvgIpc) is 2.63. The maximum Gasteiger partial charge on any atom is 1.00 e. The molecule has 2 aromatic heterocycles. The predicted molar refractivity (Wildman–Crippen MR) is 98.5 cm³/mol. The fourth-order valence-electron chi connectivity index (χ4n) is 1.59. The molecular formula is C18H17BCuF4N3. The Hall–Kier alpha value is -2.64. The number of aromatic nitrogens is 2. The molecule has 0 saturated carbocycles. The molecule has 3 rings (SSSR count). The van der Waals surface area contributed by atoms with Crippen LogP contribution in [0.15, 0.2) is 85.7 Å². The van der Waals surface area contributed by atoms with E-state index < -0.39 is 7.25 Å². The van der Waals surface area contributed by atoms with E-state index >= 15 is 0 Å². The van der Waals surface area contributed by atoms with Gasteiger partial charge in [0.1, 0.15) is 11.6 Å². The van der Waals surface area contributed by atoms with Gasteiger partial charge in [-0.15, -0.1) is 0 Å². The quantitative estimate of drug-likeness (QED) is 0.423. The Morgan fingerprint density at radius 1 is 0.741 bits per heavy atom. The van der Waals surface area contributed by atoms with Gasteiger partial charge in [-0.3, -0.25) is 0 Å². The first-order valence-electron chi connectivity index (χ1n) is 7.52. The molecule has 0 bridgehead atoms. The molecule has 0 amide bonds. The van der Waals surface area contributed by atoms with E-state index in [1.807, 2.05) is 72.8 Å². The molecule has 1 aromatic carbocycles. The third kappa shape index (κ3) is 14.2. The van der Waals surface area contributed by atoms with Gasteiger partial charge in [0.2, 0.25) is 0 Å². The van der Waals surface area contributed by atoms with Crippen molar-refractivity contribution in [2.24, 2.45) is 0 Å². The van der Waals surface area contributed by atoms with Gasteiger partial charge in [-0.1, -0.05) is 55.1 Å². The molecule has 0 atom stereocenters. The second-order valence-electron chi connectivity index (χ2n) is 4.66. The number of hydrogen-bond acceptors (Lipinski definition) is 3. The third-order valence-electron chi connectivity index (χ3n) is 2.62. The van der Waals surface area contributed by atoms with Gasteiger partial charge in [-0.05, 0) is 29.8 Å². The van der Waals surface area contributed by atoms with Crippen LogP contribution in [0.3, 0.4) is 0 Å². The molecule has 0 radical (unpaired) electrons. The van der Waals surface area contributed by atoms with Crippen molar-refractivity contribution in [2.75, 3.05) is 5.32 Å². The summed E-state index contributed by atoms with van der Waals surface area (Å²) in [4.78, 5) is 8.25. The van der Waals surface area contributed by atoms with Crippen LogP contribution in [0, 0.1) is 0 Å². The van der Waals surface area contributed by atoms with Crippen LogP contribution in [0.1, 0.15) is 5.56 Å². The van der Waals surface area contributed by atoms with Crippen molar-refractivity contribution in [3.05, 3.63) is 91.3 Å². The SMILES string of the molecule is C=Cc1ccccc1.F[B-](F)(F)F.[Cu+].c1ccc(Nc2ccccn2)nc1. The van der Waals surface area contributed by atoms with Gasteiger partial charge in [-0.2, -0.15) is 0 Å². The summed E-state index contributed by atoms with van der Waals surface area (Å²) in [6, 6.07) is 21.4. The zero-order valence-corrected chi connectivity index (χ0v) is 15.0. The summed E-state index contributed by atoms with van der Waals surface area (Å²) in [7, 11) is -6.00. The van der Waals surface area contributed by atoms with Crippen molar-refractivity contribution in [3.8, 4) is 0 Å². The minimum Gasteiger partial charge on any atom is -0.418 e. The number of anilines is 2. The van der Waals surface area contributed by atoms with Crippen molar-refractivity contribution in [2.45, 2.75) is 0 Å². The van der Waals surface area contributed by atoms with Crippen LogP contribution in [0.25, 0.3) is 6.08 Å². The van der Waals surface area contributed by atoms with E-state index in [4.69, 9.17) is 0 Å². The summed E-state index contributed by atoms with van der Waals surface area (Å²) < 4.78 is 39.0. The number of nitrogens with zero attached hydrogens (tertiary/aromatic N) is 2. The number of benzene rings is 1. The maximum absolute atomic E-state index is 9.75. The minimum absolute atomic E-state index is 0. The monoisotopic (exact) mass is 425 g/mol. The Morgan fingerprint density at radius 2 is 1.15 bits per heavy atom. The van der Waals surface area contributed by atoms with Gasteiger partial charge in [0, 0.05) is 12.4 Å². The van der Waals surface area contributed by atoms with Crippen LogP contribution in [0.5, 0.6) is 0 Å². The van der Waals surface area contributed by atoms with E-state index in [1.54, 1.807) is 12.4 Å². The van der Waals surface area contributed by atoms with Crippen molar-refractivity contribution in [1.82, 2.24) is 9.97 Å². The molecule has 2 heterocycles. The average molecular weight is 426 g/mol. The molecule has 0 aliphatic rings. The molecule has 0 saturated heterocycles. The normalized spacial score (nSPS) is 9.33. The van der Waals surface area contributed by atoms with E-state index in [0.29, 0.717) is 0 Å². The smallest absolute Gasteiger partial charge is 0.418 e. The standard InChI is InChI=1S/C10H9N3.C8H8.BF4.Cu/c1-3-7-11-9(5-1)13-10-6-2-4-8-12-10;1-2-8-6-4-3-5-7-8;2-1(3,4)5;/h1-8H,(H,11,12,13);2-7H,1H2;;/q;;-1;+1. The van der Waals surface area contributed by atoms with E-state index in [9.17, 15) is 17.3 Å². The van der Waals surface area contributed by atoms with Gasteiger partial charge in [0.05, 0.1) is 0 Å². The summed E-state index contributed by atoms with van der Waals surface area (Å²) in [5.74, 6) is 1.61. The summed E-state index contributed by atoms with van der Waals surface area (Å²) >= 11 is 0. The summed E-state index contributed by atoms with van der Waals surface area (Å²) in [5.41, 5.74) is 1.17. The minimum atomic E-state index is -6.00. The third-order valence-corrected chi connectivity index (χ3v) is 2.62. The first-order chi connectivity index (χ1) is 12.4. The zero-order chi connectivity index (χ0) is 19.3. The second kappa shape index (κ2) is 13.6. The molecule has 0 aliphatic heterocycles. The van der Waals surface area contributed by atoms with E-state index in [2.05, 4.69) is 21.9 Å². The Kier molecular flexibility index (Phi) is 12.2. The van der Waals surface area contributed by atoms with Crippen LogP contribution in [0.2, 0.25) is 0 Å². The van der Waals surface area contributed by atoms with Crippen molar-refractivity contribution in [3.63, 3.8) is 0 Å². The topological polar surface area (TPSA) is 37.8 Å². The van der Waals surface area contributed by atoms with Crippen LogP contribution in [-0.2, 0) is 17.1 Å². The fourth-order valence-corrected chi connectivity index (χ4v) is 1.59. The molecule has 0 spiro atoms. The fraction of sp³-hybridized carbons (Fsp3) is 0. The molecule has 146 valence electrons. The van der Waals surface area contributed by atoms with Crippen LogP contribution >= 0.6 is 0 Å². The molecule has 0 aliphatic carbocycles. The zero-order valence-electron chi connectivity index (χ0n) is 14.1. The van der Waals surface area contributed by atoms with E-state index in [-0.39, 0.29) is 17.1 Å². The predicted octanol–water partition coefficient (Wildman–Crippen LogP) is 5.85. The molecule has 3 nitrogen and oxygen atoms in total. The summed E-state index contributed by atoms with van der Waals surface area (Å²) in [6.07, 6.45) is 5.32. The molecule has 9 heteroatoms. The molecule has 1 N–H and O–H groups in total. The van der Waals surface area contributed by atoms with E-state index in [1.165, 1.54) is 5.56 Å². The van der Waals surface area contributed by atoms with E-state index in [0.717, 1.165) is 11.6 Å². The van der Waals surface area contributed by atoms with Gasteiger partial charge in [-0.25, -0.2) is 9.97 Å². The first-order valence-corrected chi connectivity index (χ1v) is 7.52. The van der Waals surface area contributed by atoms with Crippen molar-refractivity contribution >= 4 is 25.0 Å². The molecule has 27 heavy (non-hydrogen) atoms. The Balaban J connectivity index is 0.000000417. The maximum atomic E-state index is 9.75. The van der Waals surface area contributed by atoms with Crippen LogP contribution in [-0.4, -0.2) is 17.2 Å². The van der Waals surface area contributed by atoms with Crippen molar-refractivity contribution < 1.29 is 34.3 Å². The number of hydrogen-bond donors (Lipinski definition) is 1. The van der Waals surface area contributed by atoms with Gasteiger partial charge < -0.3 is 22.6 Å². The number of halogens is 4. The summed E-state index contributed by atoms with van der Waals surface area (Å²) in [5, 5.41) is 3.08. The molecule has 3 aromatic rings. The van der Waals surface area contributed by atoms with Gasteiger partial charge >= 0.3 is 24.3 Å². The first kappa shape index (κ1) is 24.4. The second-order valence-corrected chi connectivity index (χ2v) is 4.66. The van der Waals surface area contributed by atoms with Gasteiger partial charge in [0.15, 0.2) is 0 Å². The van der Waals surface area contributed by atoms with Gasteiger partial charge in [0.25, 0.3) is 0 Å². The number of rotatable bonds is 3. The largest absolute Gasteiger partial charge is 1.00 e. The molecule has 0 unspecified atom stereocenters. The number of nitrogens with one attached hydrogen (secondary N) is 1. The molecule has 0 fully saturated rings. The summed E-state index contributed by atoms with van der Waals surface area (Å²) in [6.45, 7) is 3.63. The Morgan fingerprint density at radius 3 is 1.44 bits per heavy atom. The molecular weight excluding hydrogens is 409 g/mol. The Bertz CT molecular complexity index is 701. The van der Waals surface area contributed by atoms with Crippen LogP contribution < -0.4 is 5.32 Å². The van der Waals surface area contributed by atoms with Crippen molar-refractivity contribution in [1.29, 1.82) is 0 Å². The number of pyridine rings is 2. The Labute approximate surface area is 166 Å². The van der Waals surface area contributed by atoms with Crippen LogP contribution in [0.4, 0.5) is 28.9 Å².